The summed E-state index contributed by atoms with van der Waals surface area (Å²) >= 11 is 0. The first-order valence-electron chi connectivity index (χ1n) is 7.74. The van der Waals surface area contributed by atoms with E-state index in [0.717, 1.165) is 42.6 Å². The van der Waals surface area contributed by atoms with Crippen LogP contribution in [0.5, 0.6) is 0 Å². The van der Waals surface area contributed by atoms with Gasteiger partial charge in [-0.15, -0.1) is 0 Å². The van der Waals surface area contributed by atoms with Crippen LogP contribution in [-0.2, 0) is 0 Å². The van der Waals surface area contributed by atoms with Crippen LogP contribution in [0.2, 0.25) is 0 Å². The van der Waals surface area contributed by atoms with E-state index in [0.29, 0.717) is 11.6 Å². The van der Waals surface area contributed by atoms with Crippen molar-refractivity contribution in [2.24, 2.45) is 5.73 Å². The molecule has 1 aliphatic heterocycles. The number of carbonyl (C=O) groups is 1. The minimum atomic E-state index is -0.456. The highest BCUT2D eigenvalue weighted by Crippen LogP contribution is 2.35. The van der Waals surface area contributed by atoms with Gasteiger partial charge in [-0.05, 0) is 48.9 Å². The van der Waals surface area contributed by atoms with Crippen LogP contribution >= 0.6 is 0 Å². The Morgan fingerprint density at radius 3 is 2.73 bits per heavy atom. The van der Waals surface area contributed by atoms with Crippen LogP contribution in [0.3, 0.4) is 0 Å². The van der Waals surface area contributed by atoms with Crippen molar-refractivity contribution in [3.8, 4) is 11.1 Å². The lowest BCUT2D eigenvalue weighted by atomic mass is 9.83. The lowest BCUT2D eigenvalue weighted by Crippen LogP contribution is -2.29. The van der Waals surface area contributed by atoms with Crippen molar-refractivity contribution < 1.29 is 4.79 Å². The Kier molecular flexibility index (Phi) is 4.20. The molecule has 1 aromatic heterocycles. The fourth-order valence-corrected chi connectivity index (χ4v) is 3.35. The van der Waals surface area contributed by atoms with Crippen LogP contribution in [0.4, 0.5) is 0 Å². The van der Waals surface area contributed by atoms with Gasteiger partial charge in [-0.1, -0.05) is 30.3 Å². The van der Waals surface area contributed by atoms with E-state index in [1.54, 1.807) is 6.20 Å². The van der Waals surface area contributed by atoms with Crippen molar-refractivity contribution in [1.82, 2.24) is 10.3 Å². The van der Waals surface area contributed by atoms with E-state index in [-0.39, 0.29) is 0 Å². The third kappa shape index (κ3) is 2.74. The molecule has 0 aliphatic carbocycles. The monoisotopic (exact) mass is 295 g/mol. The Balaban J connectivity index is 2.16. The zero-order valence-corrected chi connectivity index (χ0v) is 12.8. The average molecular weight is 295 g/mol. The molecule has 4 heteroatoms. The summed E-state index contributed by atoms with van der Waals surface area (Å²) in [5.41, 5.74) is 10.2. The van der Waals surface area contributed by atoms with E-state index < -0.39 is 5.91 Å². The number of hydrogen-bond donors (Lipinski definition) is 2. The van der Waals surface area contributed by atoms with Gasteiger partial charge >= 0.3 is 0 Å². The normalized spacial score (nSPS) is 18.1. The van der Waals surface area contributed by atoms with Crippen molar-refractivity contribution in [1.29, 1.82) is 0 Å². The molecule has 0 spiro atoms. The fourth-order valence-electron chi connectivity index (χ4n) is 3.35. The maximum atomic E-state index is 11.6. The maximum Gasteiger partial charge on any atom is 0.267 e. The molecular weight excluding hydrogens is 274 g/mol. The van der Waals surface area contributed by atoms with Gasteiger partial charge in [-0.25, -0.2) is 0 Å². The minimum absolute atomic E-state index is 0.389. The number of carbonyl (C=O) groups excluding carboxylic acids is 1. The maximum absolute atomic E-state index is 11.6. The zero-order chi connectivity index (χ0) is 15.5. The lowest BCUT2D eigenvalue weighted by molar-refractivity contribution is 0.0995. The molecule has 1 unspecified atom stereocenters. The quantitative estimate of drug-likeness (QED) is 0.914. The van der Waals surface area contributed by atoms with Gasteiger partial charge in [0.05, 0.1) is 0 Å². The number of pyridine rings is 1. The van der Waals surface area contributed by atoms with E-state index in [2.05, 4.69) is 22.4 Å². The minimum Gasteiger partial charge on any atom is -0.364 e. The van der Waals surface area contributed by atoms with Crippen LogP contribution in [0, 0.1) is 6.92 Å². The van der Waals surface area contributed by atoms with Crippen molar-refractivity contribution in [2.45, 2.75) is 25.7 Å². The highest BCUT2D eigenvalue weighted by Gasteiger charge is 2.24. The third-order valence-electron chi connectivity index (χ3n) is 4.40. The molecule has 0 saturated carbocycles. The molecule has 4 nitrogen and oxygen atoms in total. The molecule has 1 fully saturated rings. The molecule has 1 saturated heterocycles. The number of rotatable bonds is 3. The lowest BCUT2D eigenvalue weighted by Gasteiger charge is -2.27. The van der Waals surface area contributed by atoms with Crippen LogP contribution in [0.1, 0.15) is 40.4 Å². The molecular formula is C18H21N3O. The Morgan fingerprint density at radius 1 is 1.32 bits per heavy atom. The van der Waals surface area contributed by atoms with E-state index in [9.17, 15) is 4.79 Å². The van der Waals surface area contributed by atoms with Crippen molar-refractivity contribution in [3.05, 3.63) is 53.3 Å². The molecule has 2 heterocycles. The molecule has 1 aromatic carbocycles. The SMILES string of the molecule is Cc1c(C(N)=O)ncc(-c2ccccc2)c1C1CCCNC1. The smallest absolute Gasteiger partial charge is 0.267 e. The summed E-state index contributed by atoms with van der Waals surface area (Å²) in [5.74, 6) is -0.0628. The number of piperidine rings is 1. The first-order valence-corrected chi connectivity index (χ1v) is 7.74. The second kappa shape index (κ2) is 6.28. The molecule has 1 amide bonds. The first-order chi connectivity index (χ1) is 10.7. The van der Waals surface area contributed by atoms with Crippen molar-refractivity contribution in [3.63, 3.8) is 0 Å². The summed E-state index contributed by atoms with van der Waals surface area (Å²) in [4.78, 5) is 16.0. The molecule has 22 heavy (non-hydrogen) atoms. The van der Waals surface area contributed by atoms with Crippen LogP contribution in [-0.4, -0.2) is 24.0 Å². The van der Waals surface area contributed by atoms with Gasteiger partial charge < -0.3 is 11.1 Å². The van der Waals surface area contributed by atoms with Crippen LogP contribution in [0.25, 0.3) is 11.1 Å². The molecule has 3 N–H and O–H groups in total. The van der Waals surface area contributed by atoms with E-state index in [1.165, 1.54) is 5.56 Å². The summed E-state index contributed by atoms with van der Waals surface area (Å²) in [7, 11) is 0. The number of nitrogens with one attached hydrogen (secondary N) is 1. The van der Waals surface area contributed by atoms with E-state index in [4.69, 9.17) is 5.73 Å². The molecule has 114 valence electrons. The summed E-state index contributed by atoms with van der Waals surface area (Å²) in [6, 6.07) is 10.2. The Labute approximate surface area is 130 Å². The Bertz CT molecular complexity index is 676. The summed E-state index contributed by atoms with van der Waals surface area (Å²) < 4.78 is 0. The predicted molar refractivity (Wildman–Crippen MR) is 87.8 cm³/mol. The predicted octanol–water partition coefficient (Wildman–Crippen LogP) is 2.62. The molecule has 1 atom stereocenters. The largest absolute Gasteiger partial charge is 0.364 e. The molecule has 3 rings (SSSR count). The van der Waals surface area contributed by atoms with Crippen LogP contribution < -0.4 is 11.1 Å². The topological polar surface area (TPSA) is 68.0 Å². The van der Waals surface area contributed by atoms with Crippen molar-refractivity contribution >= 4 is 5.91 Å². The van der Waals surface area contributed by atoms with Crippen LogP contribution in [0.15, 0.2) is 36.5 Å². The Morgan fingerprint density at radius 2 is 2.09 bits per heavy atom. The van der Waals surface area contributed by atoms with Gasteiger partial charge in [-0.2, -0.15) is 0 Å². The van der Waals surface area contributed by atoms with Gasteiger partial charge in [-0.3, -0.25) is 9.78 Å². The van der Waals surface area contributed by atoms with Gasteiger partial charge in [0.15, 0.2) is 0 Å². The summed E-state index contributed by atoms with van der Waals surface area (Å²) in [5, 5.41) is 3.45. The second-order valence-electron chi connectivity index (χ2n) is 5.83. The third-order valence-corrected chi connectivity index (χ3v) is 4.40. The molecule has 1 aliphatic rings. The number of nitrogens with two attached hydrogens (primary N) is 1. The number of nitrogens with zero attached hydrogens (tertiary/aromatic N) is 1. The molecule has 0 bridgehead atoms. The second-order valence-corrected chi connectivity index (χ2v) is 5.83. The van der Waals surface area contributed by atoms with Crippen molar-refractivity contribution in [2.75, 3.05) is 13.1 Å². The van der Waals surface area contributed by atoms with E-state index in [1.807, 2.05) is 25.1 Å². The van der Waals surface area contributed by atoms with Gasteiger partial charge in [0.2, 0.25) is 0 Å². The van der Waals surface area contributed by atoms with Gasteiger partial charge in [0.25, 0.3) is 5.91 Å². The molecule has 2 aromatic rings. The standard InChI is InChI=1S/C18H21N3O/c1-12-16(14-8-5-9-20-10-14)15(11-21-17(12)18(19)22)13-6-3-2-4-7-13/h2-4,6-7,11,14,20H,5,8-10H2,1H3,(H2,19,22). The van der Waals surface area contributed by atoms with Gasteiger partial charge in [0, 0.05) is 18.3 Å². The first kappa shape index (κ1) is 14.7. The number of amides is 1. The number of benzene rings is 1. The number of primary amides is 1. The summed E-state index contributed by atoms with van der Waals surface area (Å²) in [6.07, 6.45) is 4.06. The number of hydrogen-bond acceptors (Lipinski definition) is 3. The highest BCUT2D eigenvalue weighted by molar-refractivity contribution is 5.93. The number of aromatic nitrogens is 1. The highest BCUT2D eigenvalue weighted by atomic mass is 16.1. The fraction of sp³-hybridized carbons (Fsp3) is 0.333. The molecule has 0 radical (unpaired) electrons. The van der Waals surface area contributed by atoms with E-state index >= 15 is 0 Å². The van der Waals surface area contributed by atoms with Gasteiger partial charge in [0.1, 0.15) is 5.69 Å². The summed E-state index contributed by atoms with van der Waals surface area (Å²) in [6.45, 7) is 3.95. The zero-order valence-electron chi connectivity index (χ0n) is 12.8. The average Bonchev–Trinajstić information content (AvgIpc) is 2.55. The Hall–Kier alpha value is -2.20.